The molecule has 56 valence electrons. The molecule has 3 nitrogen and oxygen atoms in total. The average Bonchev–Trinajstić information content (AvgIpc) is 2.40. The smallest absolute Gasteiger partial charge is 0.184 e. The summed E-state index contributed by atoms with van der Waals surface area (Å²) in [5.41, 5.74) is 0. The van der Waals surface area contributed by atoms with Crippen molar-refractivity contribution in [3.8, 4) is 0 Å². The lowest BCUT2D eigenvalue weighted by atomic mass is 10.7. The molecule has 0 bridgehead atoms. The fourth-order valence-electron chi connectivity index (χ4n) is 0.476. The topological polar surface area (TPSA) is 45.1 Å². The van der Waals surface area contributed by atoms with E-state index in [9.17, 15) is 0 Å². The van der Waals surface area contributed by atoms with Crippen molar-refractivity contribution >= 4 is 28.1 Å². The lowest BCUT2D eigenvalue weighted by molar-refractivity contribution is 0.227. The molecule has 0 aliphatic carbocycles. The molecule has 0 amide bonds. The SMILES string of the molecule is OC(CCl)Nc1nccs1. The van der Waals surface area contributed by atoms with E-state index in [1.54, 1.807) is 6.20 Å². The fourth-order valence-corrected chi connectivity index (χ4v) is 1.13. The Morgan fingerprint density at radius 1 is 1.90 bits per heavy atom. The highest BCUT2D eigenvalue weighted by atomic mass is 35.5. The van der Waals surface area contributed by atoms with Crippen molar-refractivity contribution in [3.63, 3.8) is 0 Å². The van der Waals surface area contributed by atoms with Gasteiger partial charge in [-0.05, 0) is 0 Å². The molecule has 1 rings (SSSR count). The maximum Gasteiger partial charge on any atom is 0.184 e. The van der Waals surface area contributed by atoms with Gasteiger partial charge in [-0.1, -0.05) is 0 Å². The Labute approximate surface area is 67.7 Å². The van der Waals surface area contributed by atoms with Gasteiger partial charge >= 0.3 is 0 Å². The maximum atomic E-state index is 8.95. The second-order valence-corrected chi connectivity index (χ2v) is 2.85. The van der Waals surface area contributed by atoms with E-state index in [0.29, 0.717) is 5.13 Å². The number of alkyl halides is 1. The molecule has 1 aromatic heterocycles. The highest BCUT2D eigenvalue weighted by Gasteiger charge is 2.01. The highest BCUT2D eigenvalue weighted by Crippen LogP contribution is 2.10. The van der Waals surface area contributed by atoms with E-state index < -0.39 is 6.23 Å². The third-order valence-electron chi connectivity index (χ3n) is 0.869. The largest absolute Gasteiger partial charge is 0.372 e. The van der Waals surface area contributed by atoms with Crippen LogP contribution < -0.4 is 5.32 Å². The molecule has 0 saturated heterocycles. The first-order chi connectivity index (χ1) is 4.83. The molecular weight excluding hydrogens is 172 g/mol. The Kier molecular flexibility index (Phi) is 2.92. The summed E-state index contributed by atoms with van der Waals surface area (Å²) in [6.45, 7) is 0. The quantitative estimate of drug-likeness (QED) is 0.539. The van der Waals surface area contributed by atoms with Gasteiger partial charge in [0.15, 0.2) is 5.13 Å². The first kappa shape index (κ1) is 7.78. The summed E-state index contributed by atoms with van der Waals surface area (Å²) in [7, 11) is 0. The van der Waals surface area contributed by atoms with Crippen molar-refractivity contribution in [2.75, 3.05) is 11.2 Å². The number of aliphatic hydroxyl groups excluding tert-OH is 1. The van der Waals surface area contributed by atoms with Crippen LogP contribution in [0.5, 0.6) is 0 Å². The Morgan fingerprint density at radius 3 is 3.20 bits per heavy atom. The third-order valence-corrected chi connectivity index (χ3v) is 1.87. The Hall–Kier alpha value is -0.320. The number of anilines is 1. The van der Waals surface area contributed by atoms with Crippen LogP contribution in [0.15, 0.2) is 11.6 Å². The van der Waals surface area contributed by atoms with Gasteiger partial charge in [0, 0.05) is 11.6 Å². The van der Waals surface area contributed by atoms with Crippen molar-refractivity contribution in [2.24, 2.45) is 0 Å². The number of rotatable bonds is 3. The van der Waals surface area contributed by atoms with Crippen molar-refractivity contribution in [1.82, 2.24) is 4.98 Å². The van der Waals surface area contributed by atoms with E-state index >= 15 is 0 Å². The molecule has 1 aromatic rings. The highest BCUT2D eigenvalue weighted by molar-refractivity contribution is 7.13. The lowest BCUT2D eigenvalue weighted by Gasteiger charge is -2.05. The van der Waals surface area contributed by atoms with Crippen LogP contribution in [0.25, 0.3) is 0 Å². The summed E-state index contributed by atoms with van der Waals surface area (Å²) in [5, 5.41) is 14.2. The number of nitrogens with zero attached hydrogens (tertiary/aromatic N) is 1. The number of hydrogen-bond acceptors (Lipinski definition) is 4. The minimum absolute atomic E-state index is 0.166. The predicted molar refractivity (Wildman–Crippen MR) is 42.5 cm³/mol. The van der Waals surface area contributed by atoms with Gasteiger partial charge < -0.3 is 10.4 Å². The number of thiazole rings is 1. The van der Waals surface area contributed by atoms with Gasteiger partial charge in [0.2, 0.25) is 0 Å². The molecule has 0 saturated carbocycles. The number of halogens is 1. The number of hydrogen-bond donors (Lipinski definition) is 2. The molecule has 5 heteroatoms. The van der Waals surface area contributed by atoms with Crippen LogP contribution in [0, 0.1) is 0 Å². The molecule has 1 atom stereocenters. The van der Waals surface area contributed by atoms with Crippen molar-refractivity contribution in [3.05, 3.63) is 11.6 Å². The van der Waals surface area contributed by atoms with Gasteiger partial charge in [0.1, 0.15) is 6.23 Å². The standard InChI is InChI=1S/C5H7ClN2OS/c6-3-4(9)8-5-7-1-2-10-5/h1-2,4,9H,3H2,(H,7,8). The van der Waals surface area contributed by atoms with Gasteiger partial charge in [-0.2, -0.15) is 0 Å². The van der Waals surface area contributed by atoms with E-state index in [2.05, 4.69) is 10.3 Å². The van der Waals surface area contributed by atoms with Crippen molar-refractivity contribution in [2.45, 2.75) is 6.23 Å². The Balaban J connectivity index is 2.40. The number of aromatic nitrogens is 1. The van der Waals surface area contributed by atoms with E-state index in [0.717, 1.165) is 0 Å². The molecular formula is C5H7ClN2OS. The molecule has 1 unspecified atom stereocenters. The van der Waals surface area contributed by atoms with E-state index in [1.165, 1.54) is 11.3 Å². The van der Waals surface area contributed by atoms with Crippen LogP contribution >= 0.6 is 22.9 Å². The summed E-state index contributed by atoms with van der Waals surface area (Å²) >= 11 is 6.76. The predicted octanol–water partition coefficient (Wildman–Crippen LogP) is 1.11. The van der Waals surface area contributed by atoms with Crippen molar-refractivity contribution < 1.29 is 5.11 Å². The fraction of sp³-hybridized carbons (Fsp3) is 0.400. The minimum Gasteiger partial charge on any atom is -0.372 e. The van der Waals surface area contributed by atoms with Gasteiger partial charge in [-0.3, -0.25) is 0 Å². The number of aliphatic hydroxyl groups is 1. The Morgan fingerprint density at radius 2 is 2.70 bits per heavy atom. The second kappa shape index (κ2) is 3.75. The maximum absolute atomic E-state index is 8.95. The zero-order chi connectivity index (χ0) is 7.40. The molecule has 0 spiro atoms. The summed E-state index contributed by atoms with van der Waals surface area (Å²) in [5.74, 6) is 0.166. The van der Waals surface area contributed by atoms with Crippen LogP contribution in [-0.4, -0.2) is 22.2 Å². The first-order valence-corrected chi connectivity index (χ1v) is 4.14. The molecule has 10 heavy (non-hydrogen) atoms. The van der Waals surface area contributed by atoms with Crippen LogP contribution in [0.3, 0.4) is 0 Å². The molecule has 0 aromatic carbocycles. The summed E-state index contributed by atoms with van der Waals surface area (Å²) in [6, 6.07) is 0. The zero-order valence-corrected chi connectivity index (χ0v) is 6.69. The second-order valence-electron chi connectivity index (χ2n) is 1.65. The van der Waals surface area contributed by atoms with Gasteiger partial charge in [0.05, 0.1) is 5.88 Å². The Bertz CT molecular complexity index is 180. The van der Waals surface area contributed by atoms with E-state index in [4.69, 9.17) is 16.7 Å². The molecule has 0 aliphatic rings. The normalized spacial score (nSPS) is 13.0. The molecule has 0 aliphatic heterocycles. The summed E-state index contributed by atoms with van der Waals surface area (Å²) in [6.07, 6.45) is 0.960. The van der Waals surface area contributed by atoms with E-state index in [1.807, 2.05) is 5.38 Å². The van der Waals surface area contributed by atoms with Crippen LogP contribution in [-0.2, 0) is 0 Å². The van der Waals surface area contributed by atoms with Gasteiger partial charge in [-0.25, -0.2) is 4.98 Å². The first-order valence-electron chi connectivity index (χ1n) is 2.73. The van der Waals surface area contributed by atoms with E-state index in [-0.39, 0.29) is 5.88 Å². The third kappa shape index (κ3) is 2.13. The molecule has 0 radical (unpaired) electrons. The van der Waals surface area contributed by atoms with Gasteiger partial charge in [0.25, 0.3) is 0 Å². The minimum atomic E-state index is -0.701. The molecule has 0 fully saturated rings. The lowest BCUT2D eigenvalue weighted by Crippen LogP contribution is -2.19. The van der Waals surface area contributed by atoms with Gasteiger partial charge in [-0.15, -0.1) is 22.9 Å². The monoisotopic (exact) mass is 178 g/mol. The molecule has 2 N–H and O–H groups in total. The summed E-state index contributed by atoms with van der Waals surface area (Å²) in [4.78, 5) is 3.89. The van der Waals surface area contributed by atoms with Crippen LogP contribution in [0.4, 0.5) is 5.13 Å². The summed E-state index contributed by atoms with van der Waals surface area (Å²) < 4.78 is 0. The zero-order valence-electron chi connectivity index (χ0n) is 5.12. The van der Waals surface area contributed by atoms with Crippen LogP contribution in [0.2, 0.25) is 0 Å². The average molecular weight is 179 g/mol. The number of nitrogens with one attached hydrogen (secondary N) is 1. The van der Waals surface area contributed by atoms with Crippen molar-refractivity contribution in [1.29, 1.82) is 0 Å². The van der Waals surface area contributed by atoms with Crippen LogP contribution in [0.1, 0.15) is 0 Å². The molecule has 1 heterocycles.